The van der Waals surface area contributed by atoms with E-state index in [1.54, 1.807) is 37.4 Å². The van der Waals surface area contributed by atoms with Crippen LogP contribution in [0.1, 0.15) is 48.2 Å². The monoisotopic (exact) mass is 502 g/mol. The quantitative estimate of drug-likeness (QED) is 0.299. The second-order valence-electron chi connectivity index (χ2n) is 9.60. The fraction of sp³-hybridized carbons (Fsp3) is 0.333. The summed E-state index contributed by atoms with van der Waals surface area (Å²) in [4.78, 5) is 11.1. The third-order valence-electron chi connectivity index (χ3n) is 6.26. The summed E-state index contributed by atoms with van der Waals surface area (Å²) in [6, 6.07) is 21.8. The van der Waals surface area contributed by atoms with E-state index in [-0.39, 0.29) is 17.7 Å². The Morgan fingerprint density at radius 3 is 2.43 bits per heavy atom. The van der Waals surface area contributed by atoms with Crippen molar-refractivity contribution in [3.63, 3.8) is 0 Å². The number of rotatable bonds is 13. The number of β-amino-alcohol motifs (C(OH)–C–C–N with tert-alkyl or cyclic N) is 1. The first kappa shape index (κ1) is 27.7. The van der Waals surface area contributed by atoms with Crippen LogP contribution in [0, 0.1) is 11.3 Å². The SMILES string of the molecule is COc1ccccc1CCCC(C)(C)NC[C@H](O)COc1cc(-c2ccc(C(=O)O)cc2)ccc1C#N. The Kier molecular flexibility index (Phi) is 9.67. The first-order chi connectivity index (χ1) is 17.7. The minimum absolute atomic E-state index is 0.0282. The van der Waals surface area contributed by atoms with E-state index >= 15 is 0 Å². The first-order valence-corrected chi connectivity index (χ1v) is 12.3. The first-order valence-electron chi connectivity index (χ1n) is 12.3. The molecule has 0 heterocycles. The molecule has 3 rings (SSSR count). The maximum atomic E-state index is 11.1. The molecule has 3 aromatic carbocycles. The van der Waals surface area contributed by atoms with E-state index in [0.717, 1.165) is 36.1 Å². The lowest BCUT2D eigenvalue weighted by Gasteiger charge is -2.28. The van der Waals surface area contributed by atoms with Crippen molar-refractivity contribution in [3.8, 4) is 28.7 Å². The van der Waals surface area contributed by atoms with Crippen LogP contribution in [0.2, 0.25) is 0 Å². The average molecular weight is 503 g/mol. The molecule has 1 atom stereocenters. The van der Waals surface area contributed by atoms with Gasteiger partial charge >= 0.3 is 5.97 Å². The van der Waals surface area contributed by atoms with Gasteiger partial charge in [-0.3, -0.25) is 0 Å². The Hall–Kier alpha value is -3.86. The standard InChI is InChI=1S/C30H34N2O5/c1-30(2,16-6-8-22-7-4-5-9-27(22)36-3)32-19-26(33)20-37-28-17-24(14-15-25(28)18-31)21-10-12-23(13-11-21)29(34)35/h4-5,7,9-15,17,26,32-33H,6,8,16,19-20H2,1-3H3,(H,34,35)/t26-/m0/s1. The molecule has 0 saturated carbocycles. The summed E-state index contributed by atoms with van der Waals surface area (Å²) >= 11 is 0. The number of benzene rings is 3. The zero-order chi connectivity index (χ0) is 26.8. The third kappa shape index (κ3) is 8.07. The minimum atomic E-state index is -0.988. The second kappa shape index (κ2) is 12.9. The Morgan fingerprint density at radius 2 is 1.76 bits per heavy atom. The van der Waals surface area contributed by atoms with Gasteiger partial charge in [-0.25, -0.2) is 4.79 Å². The summed E-state index contributed by atoms with van der Waals surface area (Å²) in [6.45, 7) is 4.59. The van der Waals surface area contributed by atoms with Crippen LogP contribution >= 0.6 is 0 Å². The van der Waals surface area contributed by atoms with Crippen LogP contribution in [0.3, 0.4) is 0 Å². The molecular weight excluding hydrogens is 468 g/mol. The molecular formula is C30H34N2O5. The average Bonchev–Trinajstić information content (AvgIpc) is 2.90. The number of nitriles is 1. The van der Waals surface area contributed by atoms with Crippen molar-refractivity contribution in [2.75, 3.05) is 20.3 Å². The lowest BCUT2D eigenvalue weighted by atomic mass is 9.95. The van der Waals surface area contributed by atoms with Gasteiger partial charge in [0.2, 0.25) is 0 Å². The highest BCUT2D eigenvalue weighted by atomic mass is 16.5. The summed E-state index contributed by atoms with van der Waals surface area (Å²) in [5.74, 6) is 0.286. The molecule has 0 fully saturated rings. The van der Waals surface area contributed by atoms with Gasteiger partial charge in [0.15, 0.2) is 0 Å². The molecule has 0 amide bonds. The van der Waals surface area contributed by atoms with Gasteiger partial charge in [0.05, 0.1) is 18.2 Å². The number of aliphatic hydroxyl groups excluding tert-OH is 1. The molecule has 3 aromatic rings. The number of para-hydroxylation sites is 1. The Bertz CT molecular complexity index is 1230. The highest BCUT2D eigenvalue weighted by Gasteiger charge is 2.19. The van der Waals surface area contributed by atoms with Crippen molar-refractivity contribution < 1.29 is 24.5 Å². The number of carboxylic acids is 1. The van der Waals surface area contributed by atoms with E-state index in [1.165, 1.54) is 17.7 Å². The van der Waals surface area contributed by atoms with Crippen LogP contribution in [-0.2, 0) is 6.42 Å². The molecule has 0 radical (unpaired) electrons. The van der Waals surface area contributed by atoms with E-state index in [2.05, 4.69) is 31.3 Å². The molecule has 7 heteroatoms. The van der Waals surface area contributed by atoms with Crippen molar-refractivity contribution >= 4 is 5.97 Å². The zero-order valence-electron chi connectivity index (χ0n) is 21.5. The van der Waals surface area contributed by atoms with Crippen LogP contribution in [0.4, 0.5) is 0 Å². The predicted octanol–water partition coefficient (Wildman–Crippen LogP) is 5.06. The Balaban J connectivity index is 1.52. The van der Waals surface area contributed by atoms with E-state index in [1.807, 2.05) is 18.2 Å². The highest BCUT2D eigenvalue weighted by Crippen LogP contribution is 2.28. The Morgan fingerprint density at radius 1 is 1.05 bits per heavy atom. The number of carbonyl (C=O) groups is 1. The summed E-state index contributed by atoms with van der Waals surface area (Å²) in [5.41, 5.74) is 3.16. The molecule has 7 nitrogen and oxygen atoms in total. The van der Waals surface area contributed by atoms with Gasteiger partial charge < -0.3 is 25.0 Å². The molecule has 0 unspecified atom stereocenters. The molecule has 0 aliphatic rings. The lowest BCUT2D eigenvalue weighted by molar-refractivity contribution is 0.0697. The lowest BCUT2D eigenvalue weighted by Crippen LogP contribution is -2.44. The van der Waals surface area contributed by atoms with Crippen molar-refractivity contribution in [1.29, 1.82) is 5.26 Å². The zero-order valence-corrected chi connectivity index (χ0v) is 21.5. The smallest absolute Gasteiger partial charge is 0.335 e. The molecule has 0 aliphatic heterocycles. The van der Waals surface area contributed by atoms with Crippen LogP contribution in [0.5, 0.6) is 11.5 Å². The number of aromatic carboxylic acids is 1. The van der Waals surface area contributed by atoms with Gasteiger partial charge in [-0.05, 0) is 80.1 Å². The maximum absolute atomic E-state index is 11.1. The van der Waals surface area contributed by atoms with Gasteiger partial charge in [0.25, 0.3) is 0 Å². The molecule has 194 valence electrons. The van der Waals surface area contributed by atoms with Crippen molar-refractivity contribution in [3.05, 3.63) is 83.4 Å². The largest absolute Gasteiger partial charge is 0.496 e. The summed E-state index contributed by atoms with van der Waals surface area (Å²) < 4.78 is 11.3. The van der Waals surface area contributed by atoms with Gasteiger partial charge in [-0.15, -0.1) is 0 Å². The number of hydrogen-bond donors (Lipinski definition) is 3. The topological polar surface area (TPSA) is 112 Å². The fourth-order valence-corrected chi connectivity index (χ4v) is 4.08. The second-order valence-corrected chi connectivity index (χ2v) is 9.60. The van der Waals surface area contributed by atoms with Crippen LogP contribution in [0.25, 0.3) is 11.1 Å². The van der Waals surface area contributed by atoms with E-state index in [9.17, 15) is 15.2 Å². The van der Waals surface area contributed by atoms with Gasteiger partial charge in [0.1, 0.15) is 30.3 Å². The predicted molar refractivity (Wildman–Crippen MR) is 143 cm³/mol. The van der Waals surface area contributed by atoms with Crippen LogP contribution in [0.15, 0.2) is 66.7 Å². The highest BCUT2D eigenvalue weighted by molar-refractivity contribution is 5.88. The van der Waals surface area contributed by atoms with E-state index < -0.39 is 12.1 Å². The molecule has 0 aromatic heterocycles. The fourth-order valence-electron chi connectivity index (χ4n) is 4.08. The number of nitrogens with zero attached hydrogens (tertiary/aromatic N) is 1. The molecule has 0 bridgehead atoms. The van der Waals surface area contributed by atoms with Gasteiger partial charge in [-0.2, -0.15) is 5.26 Å². The molecule has 37 heavy (non-hydrogen) atoms. The number of nitrogens with one attached hydrogen (secondary N) is 1. The van der Waals surface area contributed by atoms with E-state index in [4.69, 9.17) is 14.6 Å². The number of carboxylic acid groups (broad SMARTS) is 1. The molecule has 0 saturated heterocycles. The summed E-state index contributed by atoms with van der Waals surface area (Å²) in [5, 5.41) is 32.5. The number of ether oxygens (including phenoxy) is 2. The summed E-state index contributed by atoms with van der Waals surface area (Å²) in [7, 11) is 1.68. The Labute approximate surface area is 218 Å². The van der Waals surface area contributed by atoms with Gasteiger partial charge in [-0.1, -0.05) is 36.4 Å². The molecule has 3 N–H and O–H groups in total. The van der Waals surface area contributed by atoms with Crippen molar-refractivity contribution in [2.24, 2.45) is 0 Å². The van der Waals surface area contributed by atoms with Crippen LogP contribution in [-0.4, -0.2) is 48.1 Å². The number of methoxy groups -OCH3 is 1. The number of aliphatic hydroxyl groups is 1. The van der Waals surface area contributed by atoms with E-state index in [0.29, 0.717) is 17.9 Å². The normalized spacial score (nSPS) is 12.0. The summed E-state index contributed by atoms with van der Waals surface area (Å²) in [6.07, 6.45) is 2.03. The van der Waals surface area contributed by atoms with Crippen molar-refractivity contribution in [2.45, 2.75) is 44.8 Å². The number of hydrogen-bond acceptors (Lipinski definition) is 6. The van der Waals surface area contributed by atoms with Crippen molar-refractivity contribution in [1.82, 2.24) is 5.32 Å². The molecule has 0 spiro atoms. The third-order valence-corrected chi connectivity index (χ3v) is 6.26. The number of aryl methyl sites for hydroxylation is 1. The minimum Gasteiger partial charge on any atom is -0.496 e. The van der Waals surface area contributed by atoms with Gasteiger partial charge in [0, 0.05) is 12.1 Å². The maximum Gasteiger partial charge on any atom is 0.335 e. The molecule has 0 aliphatic carbocycles. The van der Waals surface area contributed by atoms with Crippen LogP contribution < -0.4 is 14.8 Å².